The lowest BCUT2D eigenvalue weighted by Crippen LogP contribution is -2.59. The molecular formula is C51H101NO9. The third kappa shape index (κ3) is 31.6. The number of nitrogens with one attached hydrogen (secondary N) is 1. The fraction of sp³-hybridized carbons (Fsp3) is 0.980. The molecule has 0 aromatic heterocycles. The maximum Gasteiger partial charge on any atom is 0.220 e. The summed E-state index contributed by atoms with van der Waals surface area (Å²) < 4.78 is 11.4. The second-order valence-electron chi connectivity index (χ2n) is 18.8. The fourth-order valence-corrected chi connectivity index (χ4v) is 8.88. The topological polar surface area (TPSA) is 169 Å². The monoisotopic (exact) mass is 872 g/mol. The van der Waals surface area contributed by atoms with Gasteiger partial charge >= 0.3 is 0 Å². The van der Waals surface area contributed by atoms with Crippen molar-refractivity contribution in [2.24, 2.45) is 0 Å². The Hall–Kier alpha value is -0.850. The molecule has 7 N–H and O–H groups in total. The zero-order valence-corrected chi connectivity index (χ0v) is 39.8. The van der Waals surface area contributed by atoms with Crippen LogP contribution in [0.3, 0.4) is 0 Å². The first-order chi connectivity index (χ1) is 29.8. The van der Waals surface area contributed by atoms with Crippen LogP contribution >= 0.6 is 0 Å². The van der Waals surface area contributed by atoms with E-state index < -0.39 is 55.4 Å². The average Bonchev–Trinajstić information content (AvgIpc) is 3.26. The van der Waals surface area contributed by atoms with E-state index in [0.29, 0.717) is 12.8 Å². The number of ether oxygens (including phenoxy) is 2. The second kappa shape index (κ2) is 41.8. The van der Waals surface area contributed by atoms with Crippen LogP contribution in [0.2, 0.25) is 0 Å². The molecule has 1 heterocycles. The SMILES string of the molecule is CCCCCCCCCCCCCC[C@@H](O)[C@@H](O)[C@H](CC[C@H]1OC(CO)[C@H](O)[C@H](O)C1O)NC(=O)CCCCCCCCCCCCCCCCCCCOCCCCCC. The van der Waals surface area contributed by atoms with E-state index in [9.17, 15) is 35.4 Å². The molecule has 2 unspecified atom stereocenters. The first-order valence-electron chi connectivity index (χ1n) is 26.3. The van der Waals surface area contributed by atoms with Crippen LogP contribution in [0, 0.1) is 0 Å². The minimum atomic E-state index is -1.48. The second-order valence-corrected chi connectivity index (χ2v) is 18.8. The quantitative estimate of drug-likeness (QED) is 0.0295. The molecule has 0 aromatic rings. The number of hydrogen-bond donors (Lipinski definition) is 7. The van der Waals surface area contributed by atoms with E-state index in [0.717, 1.165) is 51.7 Å². The fourth-order valence-electron chi connectivity index (χ4n) is 8.88. The van der Waals surface area contributed by atoms with Crippen LogP contribution in [-0.2, 0) is 14.3 Å². The van der Waals surface area contributed by atoms with Crippen molar-refractivity contribution >= 4 is 5.91 Å². The first-order valence-corrected chi connectivity index (χ1v) is 26.3. The number of carbonyl (C=O) groups excluding carboxylic acids is 1. The molecule has 10 nitrogen and oxygen atoms in total. The van der Waals surface area contributed by atoms with Gasteiger partial charge in [0, 0.05) is 19.6 Å². The molecule has 61 heavy (non-hydrogen) atoms. The number of carbonyl (C=O) groups is 1. The normalized spacial score (nSPS) is 20.8. The lowest BCUT2D eigenvalue weighted by Gasteiger charge is -2.40. The first kappa shape index (κ1) is 58.2. The minimum absolute atomic E-state index is 0.158. The number of unbranched alkanes of at least 4 members (excludes halogenated alkanes) is 30. The van der Waals surface area contributed by atoms with Crippen LogP contribution in [0.5, 0.6) is 0 Å². The van der Waals surface area contributed by atoms with Crippen molar-refractivity contribution < 1.29 is 44.9 Å². The summed E-state index contributed by atoms with van der Waals surface area (Å²) in [6.07, 6.45) is 33.6. The van der Waals surface area contributed by atoms with Crippen LogP contribution < -0.4 is 5.32 Å². The zero-order chi connectivity index (χ0) is 44.6. The van der Waals surface area contributed by atoms with Gasteiger partial charge in [0.15, 0.2) is 0 Å². The van der Waals surface area contributed by atoms with Crippen LogP contribution in [-0.4, -0.2) is 105 Å². The number of hydrogen-bond acceptors (Lipinski definition) is 9. The molecule has 364 valence electrons. The van der Waals surface area contributed by atoms with Crippen molar-refractivity contribution in [1.29, 1.82) is 0 Å². The summed E-state index contributed by atoms with van der Waals surface area (Å²) in [4.78, 5) is 13.1. The van der Waals surface area contributed by atoms with Gasteiger partial charge in [0.1, 0.15) is 24.4 Å². The summed E-state index contributed by atoms with van der Waals surface area (Å²) in [5.74, 6) is -0.177. The van der Waals surface area contributed by atoms with Gasteiger partial charge in [0.2, 0.25) is 5.91 Å². The summed E-state index contributed by atoms with van der Waals surface area (Å²) in [7, 11) is 0. The maximum absolute atomic E-state index is 13.1. The molecule has 0 spiro atoms. The Morgan fingerprint density at radius 1 is 0.508 bits per heavy atom. The number of aliphatic hydroxyl groups is 6. The number of aliphatic hydroxyl groups excluding tert-OH is 6. The summed E-state index contributed by atoms with van der Waals surface area (Å²) >= 11 is 0. The van der Waals surface area contributed by atoms with E-state index in [1.54, 1.807) is 0 Å². The van der Waals surface area contributed by atoms with Crippen molar-refractivity contribution in [2.75, 3.05) is 19.8 Å². The Bertz CT molecular complexity index is 942. The van der Waals surface area contributed by atoms with Crippen LogP contribution in [0.15, 0.2) is 0 Å². The molecule has 10 heteroatoms. The van der Waals surface area contributed by atoms with Crippen molar-refractivity contribution in [3.8, 4) is 0 Å². The van der Waals surface area contributed by atoms with Gasteiger partial charge in [-0.2, -0.15) is 0 Å². The third-order valence-electron chi connectivity index (χ3n) is 13.1. The summed E-state index contributed by atoms with van der Waals surface area (Å²) in [5, 5.41) is 65.8. The largest absolute Gasteiger partial charge is 0.394 e. The highest BCUT2D eigenvalue weighted by Crippen LogP contribution is 2.26. The third-order valence-corrected chi connectivity index (χ3v) is 13.1. The van der Waals surface area contributed by atoms with E-state index in [2.05, 4.69) is 19.2 Å². The standard InChI is InChI=1S/C51H101NO9/c1-3-5-7-9-10-11-12-20-23-26-29-32-36-44(54)48(56)43(38-39-45-49(57)51(59)50(58)46(42-53)61-45)52-47(55)37-33-30-27-24-21-18-16-14-13-15-17-19-22-25-28-31-35-41-60-40-34-8-6-4-2/h43-46,48-51,53-54,56-59H,3-42H2,1-2H3,(H,52,55)/t43-,44+,45+,46?,48-,49?,50-,51+/m0/s1. The molecule has 1 fully saturated rings. The van der Waals surface area contributed by atoms with E-state index in [1.807, 2.05) is 0 Å². The molecule has 0 radical (unpaired) electrons. The van der Waals surface area contributed by atoms with Crippen molar-refractivity contribution in [2.45, 2.75) is 300 Å². The van der Waals surface area contributed by atoms with E-state index >= 15 is 0 Å². The molecule has 0 saturated carbocycles. The molecule has 1 saturated heterocycles. The molecule has 0 bridgehead atoms. The Kier molecular flexibility index (Phi) is 39.9. The smallest absolute Gasteiger partial charge is 0.220 e. The lowest BCUT2D eigenvalue weighted by molar-refractivity contribution is -0.231. The van der Waals surface area contributed by atoms with Gasteiger partial charge in [0.05, 0.1) is 31.0 Å². The van der Waals surface area contributed by atoms with E-state index in [4.69, 9.17) is 9.47 Å². The van der Waals surface area contributed by atoms with Crippen LogP contribution in [0.4, 0.5) is 0 Å². The van der Waals surface area contributed by atoms with Gasteiger partial charge in [0.25, 0.3) is 0 Å². The molecule has 1 aliphatic heterocycles. The number of rotatable bonds is 45. The van der Waals surface area contributed by atoms with Gasteiger partial charge in [-0.1, -0.05) is 206 Å². The summed E-state index contributed by atoms with van der Waals surface area (Å²) in [6.45, 7) is 5.85. The molecule has 1 amide bonds. The molecule has 0 aliphatic carbocycles. The van der Waals surface area contributed by atoms with Crippen LogP contribution in [0.1, 0.15) is 251 Å². The highest BCUT2D eigenvalue weighted by Gasteiger charge is 2.43. The highest BCUT2D eigenvalue weighted by atomic mass is 16.5. The van der Waals surface area contributed by atoms with Gasteiger partial charge in [-0.3, -0.25) is 4.79 Å². The maximum atomic E-state index is 13.1. The Balaban J connectivity index is 2.24. The van der Waals surface area contributed by atoms with Gasteiger partial charge < -0.3 is 45.4 Å². The average molecular weight is 872 g/mol. The highest BCUT2D eigenvalue weighted by molar-refractivity contribution is 5.76. The Morgan fingerprint density at radius 3 is 1.33 bits per heavy atom. The van der Waals surface area contributed by atoms with E-state index in [-0.39, 0.29) is 18.7 Å². The molecule has 1 rings (SSSR count). The summed E-state index contributed by atoms with van der Waals surface area (Å²) in [6, 6.07) is -0.766. The lowest BCUT2D eigenvalue weighted by atomic mass is 9.90. The van der Waals surface area contributed by atoms with Crippen molar-refractivity contribution in [3.63, 3.8) is 0 Å². The predicted octanol–water partition coefficient (Wildman–Crippen LogP) is 10.5. The molecule has 8 atom stereocenters. The molecule has 1 aliphatic rings. The van der Waals surface area contributed by atoms with Gasteiger partial charge in [-0.15, -0.1) is 0 Å². The Labute approximate surface area is 375 Å². The van der Waals surface area contributed by atoms with Crippen molar-refractivity contribution in [1.82, 2.24) is 5.32 Å². The van der Waals surface area contributed by atoms with Gasteiger partial charge in [-0.25, -0.2) is 0 Å². The number of amides is 1. The molecule has 0 aromatic carbocycles. The van der Waals surface area contributed by atoms with Crippen molar-refractivity contribution in [3.05, 3.63) is 0 Å². The predicted molar refractivity (Wildman–Crippen MR) is 251 cm³/mol. The van der Waals surface area contributed by atoms with E-state index in [1.165, 1.54) is 173 Å². The zero-order valence-electron chi connectivity index (χ0n) is 39.8. The van der Waals surface area contributed by atoms with Gasteiger partial charge in [-0.05, 0) is 38.5 Å². The molecular weight excluding hydrogens is 771 g/mol. The minimum Gasteiger partial charge on any atom is -0.394 e. The van der Waals surface area contributed by atoms with Crippen LogP contribution in [0.25, 0.3) is 0 Å². The Morgan fingerprint density at radius 2 is 0.885 bits per heavy atom. The summed E-state index contributed by atoms with van der Waals surface area (Å²) in [5.41, 5.74) is 0.